The highest BCUT2D eigenvalue weighted by Crippen LogP contribution is 2.35. The summed E-state index contributed by atoms with van der Waals surface area (Å²) in [4.78, 5) is 2.60. The molecule has 4 nitrogen and oxygen atoms in total. The summed E-state index contributed by atoms with van der Waals surface area (Å²) in [7, 11) is -3.49. The minimum atomic E-state index is -3.49. The Labute approximate surface area is 141 Å². The first kappa shape index (κ1) is 15.0. The molecule has 0 radical (unpaired) electrons. The van der Waals surface area contributed by atoms with Gasteiger partial charge in [-0.3, -0.25) is 0 Å². The van der Waals surface area contributed by atoms with E-state index in [0.29, 0.717) is 18.1 Å². The predicted octanol–water partition coefficient (Wildman–Crippen LogP) is 2.78. The lowest BCUT2D eigenvalue weighted by atomic mass is 10.1. The van der Waals surface area contributed by atoms with Crippen LogP contribution >= 0.6 is 11.6 Å². The zero-order valence-electron chi connectivity index (χ0n) is 12.5. The Morgan fingerprint density at radius 1 is 1.04 bits per heavy atom. The monoisotopic (exact) mass is 348 g/mol. The fraction of sp³-hybridized carbons (Fsp3) is 0.294. The van der Waals surface area contributed by atoms with Crippen LogP contribution < -0.4 is 4.90 Å². The Morgan fingerprint density at radius 3 is 2.70 bits per heavy atom. The summed E-state index contributed by atoms with van der Waals surface area (Å²) >= 11 is 5.95. The van der Waals surface area contributed by atoms with E-state index in [1.165, 1.54) is 17.3 Å². The van der Waals surface area contributed by atoms with Crippen LogP contribution in [0.2, 0.25) is 5.02 Å². The van der Waals surface area contributed by atoms with Crippen LogP contribution in [0.15, 0.2) is 53.4 Å². The summed E-state index contributed by atoms with van der Waals surface area (Å²) in [6, 6.07) is 15.0. The molecule has 1 unspecified atom stereocenters. The van der Waals surface area contributed by atoms with E-state index in [4.69, 9.17) is 11.6 Å². The molecule has 0 saturated carbocycles. The van der Waals surface area contributed by atoms with Gasteiger partial charge in [0.1, 0.15) is 0 Å². The highest BCUT2D eigenvalue weighted by Gasteiger charge is 2.38. The molecule has 2 aliphatic heterocycles. The van der Waals surface area contributed by atoms with Gasteiger partial charge < -0.3 is 4.90 Å². The number of nitrogens with zero attached hydrogens (tertiary/aromatic N) is 2. The second-order valence-corrected chi connectivity index (χ2v) is 8.37. The topological polar surface area (TPSA) is 40.6 Å². The van der Waals surface area contributed by atoms with E-state index in [1.54, 1.807) is 22.5 Å². The van der Waals surface area contributed by atoms with Crippen molar-refractivity contribution in [3.05, 3.63) is 59.1 Å². The molecule has 0 amide bonds. The molecule has 120 valence electrons. The Kier molecular flexibility index (Phi) is 3.59. The molecule has 0 bridgehead atoms. The van der Waals surface area contributed by atoms with Crippen LogP contribution in [0, 0.1) is 0 Å². The van der Waals surface area contributed by atoms with Crippen molar-refractivity contribution in [3.63, 3.8) is 0 Å². The molecule has 6 heteroatoms. The number of rotatable bonds is 2. The molecule has 2 heterocycles. The standard InChI is InChI=1S/C17H17ClN2O2S/c18-14-5-3-6-16(11-14)23(21,22)19-8-9-20-15(12-19)10-13-4-1-2-7-17(13)20/h1-7,11,15H,8-10,12H2. The number of hydrogen-bond donors (Lipinski definition) is 0. The van der Waals surface area contributed by atoms with E-state index in [-0.39, 0.29) is 10.9 Å². The van der Waals surface area contributed by atoms with Crippen molar-refractivity contribution in [2.45, 2.75) is 17.4 Å². The molecule has 4 rings (SSSR count). The number of hydrogen-bond acceptors (Lipinski definition) is 3. The Bertz CT molecular complexity index is 853. The van der Waals surface area contributed by atoms with Gasteiger partial charge in [0, 0.05) is 36.4 Å². The van der Waals surface area contributed by atoms with Gasteiger partial charge in [-0.25, -0.2) is 8.42 Å². The number of halogens is 1. The molecule has 1 atom stereocenters. The summed E-state index contributed by atoms with van der Waals surface area (Å²) in [5.74, 6) is 0. The number of piperazine rings is 1. The van der Waals surface area contributed by atoms with Crippen molar-refractivity contribution < 1.29 is 8.42 Å². The van der Waals surface area contributed by atoms with Gasteiger partial charge in [0.2, 0.25) is 10.0 Å². The minimum absolute atomic E-state index is 0.218. The van der Waals surface area contributed by atoms with Gasteiger partial charge in [0.25, 0.3) is 0 Å². The second-order valence-electron chi connectivity index (χ2n) is 6.00. The van der Waals surface area contributed by atoms with Gasteiger partial charge in [-0.05, 0) is 36.2 Å². The minimum Gasteiger partial charge on any atom is -0.365 e. The van der Waals surface area contributed by atoms with Crippen molar-refractivity contribution >= 4 is 27.3 Å². The van der Waals surface area contributed by atoms with Crippen LogP contribution in [-0.2, 0) is 16.4 Å². The molecule has 0 aliphatic carbocycles. The van der Waals surface area contributed by atoms with Gasteiger partial charge in [-0.15, -0.1) is 0 Å². The molecule has 1 fully saturated rings. The van der Waals surface area contributed by atoms with Crippen molar-refractivity contribution in [1.82, 2.24) is 4.31 Å². The fourth-order valence-electron chi connectivity index (χ4n) is 3.53. The predicted molar refractivity (Wildman–Crippen MR) is 91.5 cm³/mol. The van der Waals surface area contributed by atoms with Gasteiger partial charge in [0.15, 0.2) is 0 Å². The lowest BCUT2D eigenvalue weighted by Crippen LogP contribution is -2.53. The second kappa shape index (κ2) is 5.51. The van der Waals surface area contributed by atoms with E-state index >= 15 is 0 Å². The van der Waals surface area contributed by atoms with Crippen LogP contribution in [0.5, 0.6) is 0 Å². The first-order valence-corrected chi connectivity index (χ1v) is 9.48. The number of anilines is 1. The number of para-hydroxylation sites is 1. The van der Waals surface area contributed by atoms with Crippen LogP contribution in [-0.4, -0.2) is 38.4 Å². The average Bonchev–Trinajstić information content (AvgIpc) is 2.92. The zero-order valence-corrected chi connectivity index (χ0v) is 14.1. The molecule has 2 aliphatic rings. The molecule has 23 heavy (non-hydrogen) atoms. The van der Waals surface area contributed by atoms with Crippen molar-refractivity contribution in [2.24, 2.45) is 0 Å². The van der Waals surface area contributed by atoms with E-state index in [9.17, 15) is 8.42 Å². The summed E-state index contributed by atoms with van der Waals surface area (Å²) < 4.78 is 27.3. The van der Waals surface area contributed by atoms with Crippen molar-refractivity contribution in [2.75, 3.05) is 24.5 Å². The molecule has 1 saturated heterocycles. The maximum Gasteiger partial charge on any atom is 0.243 e. The van der Waals surface area contributed by atoms with Crippen LogP contribution in [0.4, 0.5) is 5.69 Å². The largest absolute Gasteiger partial charge is 0.365 e. The zero-order chi connectivity index (χ0) is 16.0. The first-order valence-electron chi connectivity index (χ1n) is 7.66. The van der Waals surface area contributed by atoms with Gasteiger partial charge in [0.05, 0.1) is 4.90 Å². The summed E-state index contributed by atoms with van der Waals surface area (Å²) in [6.07, 6.45) is 0.901. The van der Waals surface area contributed by atoms with Crippen LogP contribution in [0.25, 0.3) is 0 Å². The summed E-state index contributed by atoms with van der Waals surface area (Å²) in [5, 5.41) is 0.443. The first-order chi connectivity index (χ1) is 11.1. The Balaban J connectivity index is 1.60. The Morgan fingerprint density at radius 2 is 1.87 bits per heavy atom. The van der Waals surface area contributed by atoms with E-state index in [0.717, 1.165) is 13.0 Å². The lowest BCUT2D eigenvalue weighted by molar-refractivity contribution is 0.340. The number of fused-ring (bicyclic) bond motifs is 3. The molecule has 0 aromatic heterocycles. The van der Waals surface area contributed by atoms with Gasteiger partial charge in [-0.1, -0.05) is 35.9 Å². The highest BCUT2D eigenvalue weighted by atomic mass is 35.5. The quantitative estimate of drug-likeness (QED) is 0.838. The maximum atomic E-state index is 12.8. The van der Waals surface area contributed by atoms with Crippen LogP contribution in [0.3, 0.4) is 0 Å². The molecule has 2 aromatic carbocycles. The maximum absolute atomic E-state index is 12.8. The van der Waals surface area contributed by atoms with E-state index in [2.05, 4.69) is 17.0 Å². The molecule has 2 aromatic rings. The fourth-order valence-corrected chi connectivity index (χ4v) is 5.30. The number of sulfonamides is 1. The molecule has 0 spiro atoms. The summed E-state index contributed by atoms with van der Waals surface area (Å²) in [6.45, 7) is 1.74. The highest BCUT2D eigenvalue weighted by molar-refractivity contribution is 7.89. The summed E-state index contributed by atoms with van der Waals surface area (Å²) in [5.41, 5.74) is 2.55. The van der Waals surface area contributed by atoms with Crippen molar-refractivity contribution in [3.8, 4) is 0 Å². The lowest BCUT2D eigenvalue weighted by Gasteiger charge is -2.38. The third-order valence-corrected chi connectivity index (χ3v) is 6.73. The van der Waals surface area contributed by atoms with Gasteiger partial charge in [-0.2, -0.15) is 4.31 Å². The SMILES string of the molecule is O=S(=O)(c1cccc(Cl)c1)N1CCN2c3ccccc3CC2C1. The molecular formula is C17H17ClN2O2S. The van der Waals surface area contributed by atoms with E-state index in [1.807, 2.05) is 12.1 Å². The molecule has 0 N–H and O–H groups in total. The van der Waals surface area contributed by atoms with E-state index < -0.39 is 10.0 Å². The van der Waals surface area contributed by atoms with Gasteiger partial charge >= 0.3 is 0 Å². The smallest absolute Gasteiger partial charge is 0.243 e. The molecular weight excluding hydrogens is 332 g/mol. The normalized spacial score (nSPS) is 21.1. The average molecular weight is 349 g/mol. The van der Waals surface area contributed by atoms with Crippen molar-refractivity contribution in [1.29, 1.82) is 0 Å². The number of benzene rings is 2. The third-order valence-electron chi connectivity index (χ3n) is 4.64. The third kappa shape index (κ3) is 2.53. The Hall–Kier alpha value is -1.56. The van der Waals surface area contributed by atoms with Crippen LogP contribution in [0.1, 0.15) is 5.56 Å².